The number of halogens is 4. The number of hydrogen-bond donors (Lipinski definition) is 0. The van der Waals surface area contributed by atoms with Crippen molar-refractivity contribution in [3.05, 3.63) is 39.0 Å². The van der Waals surface area contributed by atoms with Crippen LogP contribution in [0.15, 0.2) is 22.7 Å². The molecule has 0 saturated heterocycles. The lowest BCUT2D eigenvalue weighted by Crippen LogP contribution is -1.99. The third kappa shape index (κ3) is 2.70. The molecule has 1 nitrogen and oxygen atoms in total. The Kier molecular flexibility index (Phi) is 4.50. The van der Waals surface area contributed by atoms with Crippen molar-refractivity contribution in [1.29, 1.82) is 0 Å². The summed E-state index contributed by atoms with van der Waals surface area (Å²) >= 11 is 16.8. The Morgan fingerprint density at radius 3 is 2.76 bits per heavy atom. The maximum absolute atomic E-state index is 6.25. The van der Waals surface area contributed by atoms with E-state index in [1.807, 2.05) is 12.1 Å². The van der Waals surface area contributed by atoms with Crippen LogP contribution in [0.25, 0.3) is 10.9 Å². The van der Waals surface area contributed by atoms with E-state index in [1.165, 1.54) is 5.56 Å². The van der Waals surface area contributed by atoms with E-state index >= 15 is 0 Å². The van der Waals surface area contributed by atoms with Crippen LogP contribution >= 0.6 is 59.4 Å². The van der Waals surface area contributed by atoms with Gasteiger partial charge in [0.2, 0.25) is 0 Å². The number of aryl methyl sites for hydroxylation is 1. The zero-order valence-corrected chi connectivity index (χ0v) is 14.5. The quantitative estimate of drug-likeness (QED) is 0.424. The number of alkyl halides is 2. The molecule has 1 atom stereocenters. The molecule has 0 bridgehead atoms. The number of benzene rings is 1. The molecule has 17 heavy (non-hydrogen) atoms. The molecule has 0 fully saturated rings. The summed E-state index contributed by atoms with van der Waals surface area (Å²) in [5.74, 6) is 0. The van der Waals surface area contributed by atoms with Crippen molar-refractivity contribution in [3.63, 3.8) is 0 Å². The van der Waals surface area contributed by atoms with Gasteiger partial charge in [0.15, 0.2) is 0 Å². The van der Waals surface area contributed by atoms with Crippen LogP contribution in [0.5, 0.6) is 0 Å². The van der Waals surface area contributed by atoms with Gasteiger partial charge >= 0.3 is 0 Å². The van der Waals surface area contributed by atoms with Crippen molar-refractivity contribution in [3.8, 4) is 0 Å². The predicted molar refractivity (Wildman–Crippen MR) is 84.7 cm³/mol. The lowest BCUT2D eigenvalue weighted by atomic mass is 10.0. The van der Waals surface area contributed by atoms with Gasteiger partial charge in [-0.2, -0.15) is 0 Å². The van der Waals surface area contributed by atoms with Gasteiger partial charge in [-0.25, -0.2) is 4.98 Å². The van der Waals surface area contributed by atoms with Gasteiger partial charge in [-0.15, -0.1) is 0 Å². The molecule has 1 aromatic carbocycles. The summed E-state index contributed by atoms with van der Waals surface area (Å²) in [4.78, 5) is 4.61. The lowest BCUT2D eigenvalue weighted by molar-refractivity contribution is 1.10. The highest BCUT2D eigenvalue weighted by Crippen LogP contribution is 2.36. The molecule has 0 spiro atoms. The van der Waals surface area contributed by atoms with Crippen LogP contribution in [-0.2, 0) is 0 Å². The average Bonchev–Trinajstić information content (AvgIpc) is 2.30. The van der Waals surface area contributed by atoms with Gasteiger partial charge in [0.05, 0.1) is 10.3 Å². The van der Waals surface area contributed by atoms with Crippen molar-refractivity contribution < 1.29 is 0 Å². The van der Waals surface area contributed by atoms with E-state index in [2.05, 4.69) is 65.8 Å². The molecular weight excluding hydrogens is 433 g/mol. The van der Waals surface area contributed by atoms with Crippen LogP contribution in [0.4, 0.5) is 0 Å². The zero-order valence-electron chi connectivity index (χ0n) is 8.98. The topological polar surface area (TPSA) is 12.9 Å². The molecule has 5 heteroatoms. The second-order valence-corrected chi connectivity index (χ2v) is 6.75. The second-order valence-electron chi connectivity index (χ2n) is 3.72. The zero-order chi connectivity index (χ0) is 12.6. The van der Waals surface area contributed by atoms with E-state index < -0.39 is 0 Å². The molecule has 2 rings (SSSR count). The minimum absolute atomic E-state index is 0.172. The molecule has 0 saturated carbocycles. The van der Waals surface area contributed by atoms with E-state index in [0.717, 1.165) is 26.3 Å². The summed E-state index contributed by atoms with van der Waals surface area (Å²) in [5, 5.41) is 2.50. The summed E-state index contributed by atoms with van der Waals surface area (Å²) in [6.07, 6.45) is 0. The minimum Gasteiger partial charge on any atom is -0.236 e. The predicted octanol–water partition coefficient (Wildman–Crippen LogP) is 5.79. The highest BCUT2D eigenvalue weighted by atomic mass is 79.9. The third-order valence-corrected chi connectivity index (χ3v) is 5.74. The fraction of sp³-hybridized carbons (Fsp3) is 0.250. The van der Waals surface area contributed by atoms with E-state index in [4.69, 9.17) is 11.6 Å². The summed E-state index contributed by atoms with van der Waals surface area (Å²) < 4.78 is 1.05. The Labute approximate surface area is 130 Å². The first-order valence-corrected chi connectivity index (χ1v) is 8.20. The van der Waals surface area contributed by atoms with Crippen LogP contribution in [0.1, 0.15) is 16.0 Å². The summed E-state index contributed by atoms with van der Waals surface area (Å²) in [5.41, 5.74) is 3.14. The largest absolute Gasteiger partial charge is 0.236 e. The first-order chi connectivity index (χ1) is 8.04. The Morgan fingerprint density at radius 1 is 1.41 bits per heavy atom. The monoisotopic (exact) mass is 439 g/mol. The molecule has 0 radical (unpaired) electrons. The Hall–Kier alpha value is 0.360. The Balaban J connectivity index is 2.77. The standard InChI is InChI=1S/C12H9Br3ClN/c1-6-8-4-7(14)2-3-10(8)17-12(16)11(6)9(15)5-13/h2-4,9H,5H2,1H3. The molecule has 0 aliphatic carbocycles. The van der Waals surface area contributed by atoms with E-state index in [9.17, 15) is 0 Å². The fourth-order valence-electron chi connectivity index (χ4n) is 1.81. The van der Waals surface area contributed by atoms with E-state index in [1.54, 1.807) is 0 Å². The maximum atomic E-state index is 6.25. The Morgan fingerprint density at radius 2 is 2.12 bits per heavy atom. The van der Waals surface area contributed by atoms with Gasteiger partial charge in [-0.1, -0.05) is 59.4 Å². The SMILES string of the molecule is Cc1c(C(Br)CBr)c(Cl)nc2ccc(Br)cc12. The number of rotatable bonds is 2. The molecule has 1 aromatic heterocycles. The Bertz CT molecular complexity index is 571. The molecule has 2 aromatic rings. The molecule has 0 amide bonds. The van der Waals surface area contributed by atoms with Crippen LogP contribution in [-0.4, -0.2) is 10.3 Å². The van der Waals surface area contributed by atoms with Crippen molar-refractivity contribution >= 4 is 70.3 Å². The average molecular weight is 442 g/mol. The van der Waals surface area contributed by atoms with E-state index in [0.29, 0.717) is 5.15 Å². The number of pyridine rings is 1. The van der Waals surface area contributed by atoms with Crippen molar-refractivity contribution in [2.75, 3.05) is 5.33 Å². The first kappa shape index (κ1) is 13.8. The van der Waals surface area contributed by atoms with Crippen LogP contribution in [0.2, 0.25) is 5.15 Å². The van der Waals surface area contributed by atoms with E-state index in [-0.39, 0.29) is 4.83 Å². The smallest absolute Gasteiger partial charge is 0.134 e. The van der Waals surface area contributed by atoms with Crippen molar-refractivity contribution in [2.24, 2.45) is 0 Å². The molecule has 0 aliphatic rings. The number of hydrogen-bond acceptors (Lipinski definition) is 1. The van der Waals surface area contributed by atoms with Gasteiger partial charge in [0, 0.05) is 20.8 Å². The summed E-state index contributed by atoms with van der Waals surface area (Å²) in [7, 11) is 0. The molecule has 0 aliphatic heterocycles. The second kappa shape index (κ2) is 5.55. The minimum atomic E-state index is 0.172. The lowest BCUT2D eigenvalue weighted by Gasteiger charge is -2.14. The molecule has 0 N–H and O–H groups in total. The highest BCUT2D eigenvalue weighted by Gasteiger charge is 2.17. The highest BCUT2D eigenvalue weighted by molar-refractivity contribution is 9.12. The van der Waals surface area contributed by atoms with Crippen LogP contribution < -0.4 is 0 Å². The number of aromatic nitrogens is 1. The summed E-state index contributed by atoms with van der Waals surface area (Å²) in [6.45, 7) is 2.08. The van der Waals surface area contributed by atoms with Gasteiger partial charge < -0.3 is 0 Å². The molecule has 1 unspecified atom stereocenters. The van der Waals surface area contributed by atoms with Crippen LogP contribution in [0, 0.1) is 6.92 Å². The normalized spacial score (nSPS) is 13.0. The van der Waals surface area contributed by atoms with Crippen molar-refractivity contribution in [2.45, 2.75) is 11.8 Å². The third-order valence-electron chi connectivity index (χ3n) is 2.66. The maximum Gasteiger partial charge on any atom is 0.134 e. The van der Waals surface area contributed by atoms with Crippen LogP contribution in [0.3, 0.4) is 0 Å². The molecular formula is C12H9Br3ClN. The van der Waals surface area contributed by atoms with Crippen molar-refractivity contribution in [1.82, 2.24) is 4.98 Å². The summed E-state index contributed by atoms with van der Waals surface area (Å²) in [6, 6.07) is 6.02. The van der Waals surface area contributed by atoms with Gasteiger partial charge in [-0.3, -0.25) is 0 Å². The molecule has 1 heterocycles. The van der Waals surface area contributed by atoms with Gasteiger partial charge in [0.25, 0.3) is 0 Å². The van der Waals surface area contributed by atoms with Gasteiger partial charge in [-0.05, 0) is 30.7 Å². The van der Waals surface area contributed by atoms with Gasteiger partial charge in [0.1, 0.15) is 5.15 Å². The fourth-order valence-corrected chi connectivity index (χ4v) is 3.55. The molecule has 90 valence electrons. The number of nitrogens with zero attached hydrogens (tertiary/aromatic N) is 1. The number of fused-ring (bicyclic) bond motifs is 1. The first-order valence-electron chi connectivity index (χ1n) is 5.00.